The lowest BCUT2D eigenvalue weighted by atomic mass is 10.1. The highest BCUT2D eigenvalue weighted by Crippen LogP contribution is 2.34. The minimum atomic E-state index is -0.726. The van der Waals surface area contributed by atoms with E-state index < -0.39 is 17.8 Å². The van der Waals surface area contributed by atoms with Crippen LogP contribution >= 0.6 is 0 Å². The molecular formula is C16H15FN4O3. The number of benzene rings is 1. The van der Waals surface area contributed by atoms with Crippen molar-refractivity contribution in [1.82, 2.24) is 15.0 Å². The minimum absolute atomic E-state index is 0.00971. The molecule has 2 heterocycles. The summed E-state index contributed by atoms with van der Waals surface area (Å²) in [6.45, 7) is 1.98. The molecule has 1 aliphatic rings. The highest BCUT2D eigenvalue weighted by atomic mass is 19.1. The number of hydrogen-bond donors (Lipinski definition) is 0. The van der Waals surface area contributed by atoms with E-state index in [1.807, 2.05) is 0 Å². The first-order chi connectivity index (χ1) is 11.5. The van der Waals surface area contributed by atoms with Gasteiger partial charge in [0.1, 0.15) is 23.5 Å². The molecule has 24 heavy (non-hydrogen) atoms. The molecule has 1 fully saturated rings. The number of aryl methyl sites for hydroxylation is 1. The van der Waals surface area contributed by atoms with Gasteiger partial charge in [0, 0.05) is 20.1 Å². The van der Waals surface area contributed by atoms with Gasteiger partial charge in [0.15, 0.2) is 5.82 Å². The number of aromatic nitrogens is 2. The topological polar surface area (TPSA) is 92.2 Å². The van der Waals surface area contributed by atoms with Gasteiger partial charge in [-0.2, -0.15) is 10.2 Å². The molecule has 124 valence electrons. The first kappa shape index (κ1) is 16.1. The number of ether oxygens (including phenoxy) is 1. The van der Waals surface area contributed by atoms with E-state index in [-0.39, 0.29) is 17.2 Å². The molecule has 0 bridgehead atoms. The number of methoxy groups -OCH3 is 1. The van der Waals surface area contributed by atoms with Crippen molar-refractivity contribution in [2.45, 2.75) is 25.5 Å². The van der Waals surface area contributed by atoms with Gasteiger partial charge in [-0.05, 0) is 19.1 Å². The van der Waals surface area contributed by atoms with Crippen LogP contribution in [0.25, 0.3) is 0 Å². The van der Waals surface area contributed by atoms with E-state index in [1.54, 1.807) is 20.1 Å². The molecule has 1 aromatic carbocycles. The van der Waals surface area contributed by atoms with Crippen LogP contribution in [0.1, 0.15) is 40.1 Å². The molecule has 3 rings (SSSR count). The van der Waals surface area contributed by atoms with E-state index >= 15 is 0 Å². The van der Waals surface area contributed by atoms with Crippen molar-refractivity contribution in [2.24, 2.45) is 0 Å². The Hall–Kier alpha value is -2.79. The maximum atomic E-state index is 13.8. The summed E-state index contributed by atoms with van der Waals surface area (Å²) < 4.78 is 24.3. The first-order valence-electron chi connectivity index (χ1n) is 7.37. The van der Waals surface area contributed by atoms with E-state index in [0.29, 0.717) is 24.7 Å². The van der Waals surface area contributed by atoms with Crippen molar-refractivity contribution in [2.75, 3.05) is 13.7 Å². The Morgan fingerprint density at radius 3 is 2.96 bits per heavy atom. The summed E-state index contributed by atoms with van der Waals surface area (Å²) in [5.74, 6) is -0.431. The van der Waals surface area contributed by atoms with Crippen molar-refractivity contribution in [3.8, 4) is 6.07 Å². The predicted octanol–water partition coefficient (Wildman–Crippen LogP) is 1.99. The fourth-order valence-electron chi connectivity index (χ4n) is 2.85. The zero-order chi connectivity index (χ0) is 17.3. The normalized spacial score (nSPS) is 20.2. The van der Waals surface area contributed by atoms with Crippen molar-refractivity contribution < 1.29 is 18.4 Å². The largest absolute Gasteiger partial charge is 0.380 e. The molecule has 1 amide bonds. The highest BCUT2D eigenvalue weighted by molar-refractivity contribution is 5.97. The van der Waals surface area contributed by atoms with Crippen molar-refractivity contribution in [1.29, 1.82) is 5.26 Å². The number of likely N-dealkylation sites (tertiary alicyclic amines) is 1. The standard InChI is InChI=1S/C16H15FN4O3/c1-9-19-15(24-20-9)14-6-10(23-2)8-21(14)16(22)11-4-3-5-13(17)12(11)7-18/h3-5,10,14H,6,8H2,1-2H3/t10-,14+/m0/s1. The second-order valence-electron chi connectivity index (χ2n) is 5.52. The molecule has 2 atom stereocenters. The van der Waals surface area contributed by atoms with Crippen LogP contribution in [-0.2, 0) is 4.74 Å². The number of rotatable bonds is 3. The molecule has 0 aliphatic carbocycles. The van der Waals surface area contributed by atoms with E-state index in [2.05, 4.69) is 10.1 Å². The molecule has 0 spiro atoms. The van der Waals surface area contributed by atoms with Gasteiger partial charge in [-0.1, -0.05) is 11.2 Å². The number of carbonyl (C=O) groups is 1. The Bertz CT molecular complexity index is 814. The summed E-state index contributed by atoms with van der Waals surface area (Å²) in [5.41, 5.74) is -0.265. The Morgan fingerprint density at radius 1 is 1.54 bits per heavy atom. The molecule has 1 saturated heterocycles. The molecule has 7 nitrogen and oxygen atoms in total. The van der Waals surface area contributed by atoms with E-state index in [9.17, 15) is 9.18 Å². The van der Waals surface area contributed by atoms with Gasteiger partial charge in [-0.25, -0.2) is 4.39 Å². The summed E-state index contributed by atoms with van der Waals surface area (Å²) in [7, 11) is 1.55. The van der Waals surface area contributed by atoms with Crippen LogP contribution in [0.3, 0.4) is 0 Å². The zero-order valence-electron chi connectivity index (χ0n) is 13.2. The maximum Gasteiger partial charge on any atom is 0.256 e. The summed E-state index contributed by atoms with van der Waals surface area (Å²) in [4.78, 5) is 18.6. The van der Waals surface area contributed by atoms with Gasteiger partial charge in [0.2, 0.25) is 5.89 Å². The average molecular weight is 330 g/mol. The van der Waals surface area contributed by atoms with Crippen LogP contribution in [0.5, 0.6) is 0 Å². The number of nitriles is 1. The number of halogens is 1. The number of nitrogens with zero attached hydrogens (tertiary/aromatic N) is 4. The maximum absolute atomic E-state index is 13.8. The van der Waals surface area contributed by atoms with Crippen LogP contribution < -0.4 is 0 Å². The molecule has 0 saturated carbocycles. The summed E-state index contributed by atoms with van der Waals surface area (Å²) in [6.07, 6.45) is 0.284. The van der Waals surface area contributed by atoms with Crippen LogP contribution in [0.4, 0.5) is 4.39 Å². The van der Waals surface area contributed by atoms with Gasteiger partial charge in [0.05, 0.1) is 11.7 Å². The highest BCUT2D eigenvalue weighted by Gasteiger charge is 2.40. The quantitative estimate of drug-likeness (QED) is 0.854. The lowest BCUT2D eigenvalue weighted by Crippen LogP contribution is -2.32. The molecule has 0 radical (unpaired) electrons. The fraction of sp³-hybridized carbons (Fsp3) is 0.375. The zero-order valence-corrected chi connectivity index (χ0v) is 13.2. The monoisotopic (exact) mass is 330 g/mol. The van der Waals surface area contributed by atoms with Crippen LogP contribution in [0, 0.1) is 24.1 Å². The molecule has 2 aromatic rings. The van der Waals surface area contributed by atoms with Crippen LogP contribution in [-0.4, -0.2) is 40.7 Å². The number of amides is 1. The lowest BCUT2D eigenvalue weighted by Gasteiger charge is -2.22. The third-order valence-corrected chi connectivity index (χ3v) is 4.04. The predicted molar refractivity (Wildman–Crippen MR) is 79.3 cm³/mol. The van der Waals surface area contributed by atoms with Crippen LogP contribution in [0.2, 0.25) is 0 Å². The van der Waals surface area contributed by atoms with Gasteiger partial charge < -0.3 is 14.2 Å². The molecular weight excluding hydrogens is 315 g/mol. The average Bonchev–Trinajstić information content (AvgIpc) is 3.19. The first-order valence-corrected chi connectivity index (χ1v) is 7.37. The Labute approximate surface area is 137 Å². The Kier molecular flexibility index (Phi) is 4.27. The Morgan fingerprint density at radius 2 is 2.33 bits per heavy atom. The molecule has 1 aromatic heterocycles. The van der Waals surface area contributed by atoms with Crippen molar-refractivity contribution in [3.63, 3.8) is 0 Å². The third kappa shape index (κ3) is 2.74. The van der Waals surface area contributed by atoms with Gasteiger partial charge in [0.25, 0.3) is 5.91 Å². The second kappa shape index (κ2) is 6.37. The molecule has 1 aliphatic heterocycles. The summed E-state index contributed by atoms with van der Waals surface area (Å²) in [6, 6.07) is 5.25. The van der Waals surface area contributed by atoms with Gasteiger partial charge in [-0.15, -0.1) is 0 Å². The van der Waals surface area contributed by atoms with Crippen LogP contribution in [0.15, 0.2) is 22.7 Å². The van der Waals surface area contributed by atoms with E-state index in [0.717, 1.165) is 6.07 Å². The summed E-state index contributed by atoms with van der Waals surface area (Å²) >= 11 is 0. The van der Waals surface area contributed by atoms with E-state index in [4.69, 9.17) is 14.5 Å². The molecule has 0 unspecified atom stereocenters. The Balaban J connectivity index is 1.98. The smallest absolute Gasteiger partial charge is 0.256 e. The third-order valence-electron chi connectivity index (χ3n) is 4.04. The van der Waals surface area contributed by atoms with E-state index in [1.165, 1.54) is 17.0 Å². The second-order valence-corrected chi connectivity index (χ2v) is 5.52. The lowest BCUT2D eigenvalue weighted by molar-refractivity contribution is 0.0670. The van der Waals surface area contributed by atoms with Gasteiger partial charge in [-0.3, -0.25) is 4.79 Å². The molecule has 0 N–H and O–H groups in total. The van der Waals surface area contributed by atoms with Crippen molar-refractivity contribution in [3.05, 3.63) is 46.9 Å². The summed E-state index contributed by atoms with van der Waals surface area (Å²) in [5, 5.41) is 12.9. The number of carbonyl (C=O) groups excluding carboxylic acids is 1. The number of hydrogen-bond acceptors (Lipinski definition) is 6. The SMILES string of the molecule is CO[C@H]1C[C@H](c2nc(C)no2)N(C(=O)c2cccc(F)c2C#N)C1. The van der Waals surface area contributed by atoms with Crippen molar-refractivity contribution >= 4 is 5.91 Å². The van der Waals surface area contributed by atoms with Gasteiger partial charge >= 0.3 is 0 Å². The molecule has 8 heteroatoms. The fourth-order valence-corrected chi connectivity index (χ4v) is 2.85. The minimum Gasteiger partial charge on any atom is -0.380 e.